The van der Waals surface area contributed by atoms with E-state index in [2.05, 4.69) is 4.98 Å². The summed E-state index contributed by atoms with van der Waals surface area (Å²) < 4.78 is 26.7. The Morgan fingerprint density at radius 3 is 2.32 bits per heavy atom. The second kappa shape index (κ2) is 6.97. The highest BCUT2D eigenvalue weighted by Gasteiger charge is 2.51. The Labute approximate surface area is 170 Å². The number of hydrogen-bond acceptors (Lipinski definition) is 3. The van der Waals surface area contributed by atoms with E-state index in [9.17, 15) is 18.4 Å². The zero-order valence-electron chi connectivity index (χ0n) is 15.3. The Hall–Kier alpha value is -2.25. The lowest BCUT2D eigenvalue weighted by Gasteiger charge is -2.27. The number of benzene rings is 1. The number of amides is 3. The fraction of sp³-hybridized carbons (Fsp3) is 0.316. The lowest BCUT2D eigenvalue weighted by atomic mass is 10.0. The topological polar surface area (TPSA) is 53.5 Å². The van der Waals surface area contributed by atoms with Gasteiger partial charge in [-0.3, -0.25) is 9.78 Å². The lowest BCUT2D eigenvalue weighted by molar-refractivity contribution is -0.123. The highest BCUT2D eigenvalue weighted by Crippen LogP contribution is 2.36. The van der Waals surface area contributed by atoms with Crippen LogP contribution in [0.25, 0.3) is 0 Å². The molecule has 1 aliphatic heterocycles. The van der Waals surface area contributed by atoms with Gasteiger partial charge in [-0.05, 0) is 43.7 Å². The lowest BCUT2D eigenvalue weighted by Crippen LogP contribution is -2.43. The number of carbonyl (C=O) groups is 2. The van der Waals surface area contributed by atoms with Crippen molar-refractivity contribution in [2.45, 2.75) is 38.8 Å². The molecule has 1 aliphatic rings. The van der Waals surface area contributed by atoms with Gasteiger partial charge >= 0.3 is 6.03 Å². The fourth-order valence-electron chi connectivity index (χ4n) is 2.91. The van der Waals surface area contributed by atoms with E-state index in [1.807, 2.05) is 0 Å². The van der Waals surface area contributed by atoms with Crippen molar-refractivity contribution in [3.63, 3.8) is 0 Å². The van der Waals surface area contributed by atoms with Crippen LogP contribution in [-0.2, 0) is 17.3 Å². The number of rotatable bonds is 4. The van der Waals surface area contributed by atoms with Crippen LogP contribution in [0.2, 0.25) is 10.0 Å². The molecule has 0 N–H and O–H groups in total. The fourth-order valence-corrected chi connectivity index (χ4v) is 3.21. The van der Waals surface area contributed by atoms with Gasteiger partial charge in [-0.2, -0.15) is 8.78 Å². The van der Waals surface area contributed by atoms with Gasteiger partial charge in [-0.1, -0.05) is 29.3 Å². The number of nitrogens with zero attached hydrogens (tertiary/aromatic N) is 3. The van der Waals surface area contributed by atoms with E-state index in [4.69, 9.17) is 23.2 Å². The maximum absolute atomic E-state index is 13.3. The van der Waals surface area contributed by atoms with Crippen molar-refractivity contribution in [1.29, 1.82) is 0 Å². The molecule has 0 atom stereocenters. The summed E-state index contributed by atoms with van der Waals surface area (Å²) in [6, 6.07) is 6.61. The highest BCUT2D eigenvalue weighted by molar-refractivity contribution is 6.42. The molecule has 0 aliphatic carbocycles. The van der Waals surface area contributed by atoms with Crippen LogP contribution < -0.4 is 4.90 Å². The van der Waals surface area contributed by atoms with E-state index in [1.165, 1.54) is 41.4 Å². The van der Waals surface area contributed by atoms with Gasteiger partial charge in [0, 0.05) is 13.1 Å². The first kappa shape index (κ1) is 20.5. The van der Waals surface area contributed by atoms with Crippen molar-refractivity contribution in [2.75, 3.05) is 4.90 Å². The molecule has 148 valence electrons. The Bertz CT molecular complexity index is 943. The Kier molecular flexibility index (Phi) is 5.10. The number of pyridine rings is 1. The standard InChI is InChI=1S/C19H17Cl2F2N3O2/c1-18(2)16(27)26(12-5-6-13(20)14(21)8-12)17(28)25(18)10-11-4-7-15(24-9-11)19(3,22)23/h4-9H,10H2,1-3H3. The zero-order valence-corrected chi connectivity index (χ0v) is 16.9. The van der Waals surface area contributed by atoms with Crippen LogP contribution in [0.1, 0.15) is 32.0 Å². The SMILES string of the molecule is CC(F)(F)c1ccc(CN2C(=O)N(c3ccc(Cl)c(Cl)c3)C(=O)C2(C)C)cn1. The smallest absolute Gasteiger partial charge is 0.305 e. The van der Waals surface area contributed by atoms with Crippen LogP contribution in [0.4, 0.5) is 19.3 Å². The van der Waals surface area contributed by atoms with Crippen molar-refractivity contribution in [1.82, 2.24) is 9.88 Å². The van der Waals surface area contributed by atoms with Gasteiger partial charge in [0.15, 0.2) is 0 Å². The minimum Gasteiger partial charge on any atom is -0.305 e. The van der Waals surface area contributed by atoms with Crippen molar-refractivity contribution in [2.24, 2.45) is 0 Å². The molecule has 2 aromatic rings. The van der Waals surface area contributed by atoms with Gasteiger partial charge in [0.2, 0.25) is 0 Å². The quantitative estimate of drug-likeness (QED) is 0.626. The molecule has 3 rings (SSSR count). The number of halogens is 4. The summed E-state index contributed by atoms with van der Waals surface area (Å²) in [5.41, 5.74) is -0.676. The third-order valence-corrected chi connectivity index (χ3v) is 5.34. The third-order valence-electron chi connectivity index (χ3n) is 4.60. The van der Waals surface area contributed by atoms with Gasteiger partial charge in [-0.25, -0.2) is 9.69 Å². The van der Waals surface area contributed by atoms with Crippen LogP contribution in [-0.4, -0.2) is 27.4 Å². The number of anilines is 1. The Morgan fingerprint density at radius 2 is 1.79 bits per heavy atom. The van der Waals surface area contributed by atoms with Crippen LogP contribution in [0, 0.1) is 0 Å². The Balaban J connectivity index is 1.90. The third kappa shape index (κ3) is 3.56. The summed E-state index contributed by atoms with van der Waals surface area (Å²) in [5, 5.41) is 0.524. The van der Waals surface area contributed by atoms with Crippen molar-refractivity contribution in [3.05, 3.63) is 57.8 Å². The molecule has 3 amide bonds. The maximum atomic E-state index is 13.3. The number of alkyl halides is 2. The van der Waals surface area contributed by atoms with Gasteiger partial charge in [0.05, 0.1) is 22.3 Å². The molecule has 1 aromatic heterocycles. The summed E-state index contributed by atoms with van der Waals surface area (Å²) in [5.74, 6) is -3.48. The predicted octanol–water partition coefficient (Wildman–Crippen LogP) is 5.25. The zero-order chi connectivity index (χ0) is 20.9. The monoisotopic (exact) mass is 427 g/mol. The first-order chi connectivity index (χ1) is 12.9. The van der Waals surface area contributed by atoms with Crippen LogP contribution in [0.3, 0.4) is 0 Å². The van der Waals surface area contributed by atoms with Gasteiger partial charge < -0.3 is 4.90 Å². The molecule has 9 heteroatoms. The number of carbonyl (C=O) groups excluding carboxylic acids is 2. The molecule has 2 heterocycles. The minimum atomic E-state index is -3.05. The first-order valence-electron chi connectivity index (χ1n) is 8.37. The molecule has 5 nitrogen and oxygen atoms in total. The molecule has 0 bridgehead atoms. The molecule has 0 spiro atoms. The predicted molar refractivity (Wildman–Crippen MR) is 103 cm³/mol. The summed E-state index contributed by atoms with van der Waals surface area (Å²) >= 11 is 11.9. The molecule has 0 saturated carbocycles. The summed E-state index contributed by atoms with van der Waals surface area (Å²) in [4.78, 5) is 32.0. The summed E-state index contributed by atoms with van der Waals surface area (Å²) in [6.07, 6.45) is 1.28. The molecule has 0 unspecified atom stereocenters. The largest absolute Gasteiger partial charge is 0.332 e. The van der Waals surface area contributed by atoms with E-state index >= 15 is 0 Å². The second-order valence-electron chi connectivity index (χ2n) is 7.11. The van der Waals surface area contributed by atoms with E-state index in [0.29, 0.717) is 16.3 Å². The minimum absolute atomic E-state index is 0.0396. The maximum Gasteiger partial charge on any atom is 0.332 e. The molecule has 1 saturated heterocycles. The molecule has 28 heavy (non-hydrogen) atoms. The van der Waals surface area contributed by atoms with Crippen molar-refractivity contribution < 1.29 is 18.4 Å². The van der Waals surface area contributed by atoms with Crippen LogP contribution in [0.5, 0.6) is 0 Å². The second-order valence-corrected chi connectivity index (χ2v) is 7.92. The van der Waals surface area contributed by atoms with Crippen molar-refractivity contribution >= 4 is 40.8 Å². The summed E-state index contributed by atoms with van der Waals surface area (Å²) in [6.45, 7) is 4.04. The Morgan fingerprint density at radius 1 is 1.11 bits per heavy atom. The van der Waals surface area contributed by atoms with Gasteiger partial charge in [0.1, 0.15) is 11.2 Å². The number of hydrogen-bond donors (Lipinski definition) is 0. The van der Waals surface area contributed by atoms with E-state index in [0.717, 1.165) is 11.8 Å². The highest BCUT2D eigenvalue weighted by atomic mass is 35.5. The molecule has 1 aromatic carbocycles. The van der Waals surface area contributed by atoms with Crippen LogP contribution >= 0.6 is 23.2 Å². The van der Waals surface area contributed by atoms with Crippen LogP contribution in [0.15, 0.2) is 36.5 Å². The molecular formula is C19H17Cl2F2N3O2. The summed E-state index contributed by atoms with van der Waals surface area (Å²) in [7, 11) is 0. The van der Waals surface area contributed by atoms with E-state index in [1.54, 1.807) is 13.8 Å². The average Bonchev–Trinajstić information content (AvgIpc) is 2.77. The van der Waals surface area contributed by atoms with Crippen molar-refractivity contribution in [3.8, 4) is 0 Å². The molecular weight excluding hydrogens is 411 g/mol. The normalized spacial score (nSPS) is 16.8. The average molecular weight is 428 g/mol. The molecule has 1 fully saturated rings. The number of imide groups is 1. The molecule has 0 radical (unpaired) electrons. The van der Waals surface area contributed by atoms with Gasteiger partial charge in [0.25, 0.3) is 11.8 Å². The number of aromatic nitrogens is 1. The van der Waals surface area contributed by atoms with E-state index < -0.39 is 23.4 Å². The number of urea groups is 1. The van der Waals surface area contributed by atoms with Gasteiger partial charge in [-0.15, -0.1) is 0 Å². The van der Waals surface area contributed by atoms with E-state index in [-0.39, 0.29) is 17.3 Å². The first-order valence-corrected chi connectivity index (χ1v) is 9.13.